The van der Waals surface area contributed by atoms with Crippen LogP contribution in [0.1, 0.15) is 0 Å². The summed E-state index contributed by atoms with van der Waals surface area (Å²) in [6.45, 7) is 0. The first-order valence-corrected chi connectivity index (χ1v) is 5.31. The molecule has 0 saturated heterocycles. The van der Waals surface area contributed by atoms with Gasteiger partial charge in [-0.15, -0.1) is 11.3 Å². The van der Waals surface area contributed by atoms with Crippen molar-refractivity contribution in [3.63, 3.8) is 0 Å². The molecule has 2 aromatic rings. The van der Waals surface area contributed by atoms with Crippen LogP contribution in [-0.2, 0) is 0 Å². The van der Waals surface area contributed by atoms with Gasteiger partial charge in [-0.05, 0) is 27.4 Å². The van der Waals surface area contributed by atoms with Crippen molar-refractivity contribution in [2.75, 3.05) is 0 Å². The fraction of sp³-hybridized carbons (Fsp3) is 0. The van der Waals surface area contributed by atoms with Crippen molar-refractivity contribution >= 4 is 43.0 Å². The number of nitro groups is 1. The number of phenols is 1. The van der Waals surface area contributed by atoms with Crippen LogP contribution >= 0.6 is 27.3 Å². The molecule has 1 aromatic carbocycles. The molecular formula is C8H4BrNO3S. The van der Waals surface area contributed by atoms with Gasteiger partial charge in [-0.1, -0.05) is 0 Å². The van der Waals surface area contributed by atoms with Crippen LogP contribution in [0.4, 0.5) is 5.69 Å². The minimum absolute atomic E-state index is 0.224. The molecule has 6 heteroatoms. The lowest BCUT2D eigenvalue weighted by atomic mass is 10.2. The molecule has 1 aromatic heterocycles. The van der Waals surface area contributed by atoms with Gasteiger partial charge in [0.05, 0.1) is 4.92 Å². The van der Waals surface area contributed by atoms with Crippen LogP contribution in [0.2, 0.25) is 0 Å². The molecule has 0 radical (unpaired) electrons. The maximum absolute atomic E-state index is 10.7. The zero-order chi connectivity index (χ0) is 10.3. The smallest absolute Gasteiger partial charge is 0.328 e. The standard InChI is InChI=1S/C8H4BrNO3S/c9-5-3-6(11)7(10(12)13)8-4(5)1-2-14-8/h1-3,11H. The number of nitro benzene ring substituents is 1. The van der Waals surface area contributed by atoms with E-state index in [-0.39, 0.29) is 11.4 Å². The highest BCUT2D eigenvalue weighted by molar-refractivity contribution is 9.10. The zero-order valence-electron chi connectivity index (χ0n) is 6.73. The summed E-state index contributed by atoms with van der Waals surface area (Å²) in [7, 11) is 0. The highest BCUT2D eigenvalue weighted by atomic mass is 79.9. The van der Waals surface area contributed by atoms with Gasteiger partial charge in [0.2, 0.25) is 0 Å². The summed E-state index contributed by atoms with van der Waals surface area (Å²) in [6, 6.07) is 3.11. The Labute approximate surface area is 91.1 Å². The van der Waals surface area contributed by atoms with E-state index in [1.54, 1.807) is 11.4 Å². The molecule has 0 unspecified atom stereocenters. The van der Waals surface area contributed by atoms with Crippen LogP contribution in [0, 0.1) is 10.1 Å². The van der Waals surface area contributed by atoms with Gasteiger partial charge in [-0.2, -0.15) is 0 Å². The van der Waals surface area contributed by atoms with Gasteiger partial charge in [0, 0.05) is 15.9 Å². The monoisotopic (exact) mass is 273 g/mol. The molecule has 0 spiro atoms. The summed E-state index contributed by atoms with van der Waals surface area (Å²) in [6.07, 6.45) is 0. The van der Waals surface area contributed by atoms with Crippen molar-refractivity contribution in [1.82, 2.24) is 0 Å². The quantitative estimate of drug-likeness (QED) is 0.641. The van der Waals surface area contributed by atoms with E-state index in [0.29, 0.717) is 9.17 Å². The fourth-order valence-corrected chi connectivity index (χ4v) is 2.85. The maximum atomic E-state index is 10.7. The number of phenolic OH excluding ortho intramolecular Hbond substituents is 1. The van der Waals surface area contributed by atoms with Gasteiger partial charge in [0.15, 0.2) is 5.75 Å². The van der Waals surface area contributed by atoms with Crippen molar-refractivity contribution in [1.29, 1.82) is 0 Å². The Morgan fingerprint density at radius 2 is 2.29 bits per heavy atom. The molecule has 0 aliphatic carbocycles. The van der Waals surface area contributed by atoms with Gasteiger partial charge in [-0.3, -0.25) is 10.1 Å². The molecule has 1 heterocycles. The van der Waals surface area contributed by atoms with Gasteiger partial charge < -0.3 is 5.11 Å². The van der Waals surface area contributed by atoms with Gasteiger partial charge >= 0.3 is 5.69 Å². The average molecular weight is 274 g/mol. The van der Waals surface area contributed by atoms with Crippen molar-refractivity contribution in [3.8, 4) is 5.75 Å². The Kier molecular flexibility index (Phi) is 2.16. The SMILES string of the molecule is O=[N+]([O-])c1c(O)cc(Br)c2ccsc12. The van der Waals surface area contributed by atoms with Crippen LogP contribution in [0.3, 0.4) is 0 Å². The van der Waals surface area contributed by atoms with E-state index in [0.717, 1.165) is 5.39 Å². The number of fused-ring (bicyclic) bond motifs is 1. The number of halogens is 1. The van der Waals surface area contributed by atoms with E-state index < -0.39 is 4.92 Å². The third-order valence-electron chi connectivity index (χ3n) is 1.83. The molecule has 0 saturated carbocycles. The summed E-state index contributed by atoms with van der Waals surface area (Å²) in [5, 5.41) is 22.6. The summed E-state index contributed by atoms with van der Waals surface area (Å²) >= 11 is 4.47. The van der Waals surface area contributed by atoms with E-state index in [1.807, 2.05) is 0 Å². The van der Waals surface area contributed by atoms with Crippen molar-refractivity contribution in [2.45, 2.75) is 0 Å². The van der Waals surface area contributed by atoms with Crippen LogP contribution in [-0.4, -0.2) is 10.0 Å². The van der Waals surface area contributed by atoms with E-state index >= 15 is 0 Å². The zero-order valence-corrected chi connectivity index (χ0v) is 9.13. The second-order valence-corrected chi connectivity index (χ2v) is 4.42. The van der Waals surface area contributed by atoms with Crippen molar-refractivity contribution in [2.24, 2.45) is 0 Å². The molecule has 1 N–H and O–H groups in total. The number of thiophene rings is 1. The highest BCUT2D eigenvalue weighted by Gasteiger charge is 2.20. The largest absolute Gasteiger partial charge is 0.502 e. The van der Waals surface area contributed by atoms with Gasteiger partial charge in [0.1, 0.15) is 4.70 Å². The Hall–Kier alpha value is -1.14. The normalized spacial score (nSPS) is 10.6. The summed E-state index contributed by atoms with van der Waals surface area (Å²) in [4.78, 5) is 10.1. The number of hydrogen-bond acceptors (Lipinski definition) is 4. The lowest BCUT2D eigenvalue weighted by Crippen LogP contribution is -1.88. The Morgan fingerprint density at radius 1 is 1.57 bits per heavy atom. The molecule has 72 valence electrons. The van der Waals surface area contributed by atoms with E-state index in [9.17, 15) is 15.2 Å². The Morgan fingerprint density at radius 3 is 2.93 bits per heavy atom. The minimum Gasteiger partial charge on any atom is -0.502 e. The Bertz CT molecular complexity index is 523. The second-order valence-electron chi connectivity index (χ2n) is 2.65. The fourth-order valence-electron chi connectivity index (χ4n) is 1.24. The van der Waals surface area contributed by atoms with Crippen LogP contribution in [0.25, 0.3) is 10.1 Å². The predicted molar refractivity (Wildman–Crippen MR) is 57.8 cm³/mol. The first-order chi connectivity index (χ1) is 6.61. The summed E-state index contributed by atoms with van der Waals surface area (Å²) in [5.41, 5.74) is -0.224. The summed E-state index contributed by atoms with van der Waals surface area (Å²) in [5.74, 6) is -0.308. The molecule has 0 amide bonds. The summed E-state index contributed by atoms with van der Waals surface area (Å²) < 4.78 is 1.15. The maximum Gasteiger partial charge on any atom is 0.328 e. The van der Waals surface area contributed by atoms with Crippen LogP contribution < -0.4 is 0 Å². The number of aromatic hydroxyl groups is 1. The molecule has 4 nitrogen and oxygen atoms in total. The number of benzene rings is 1. The van der Waals surface area contributed by atoms with E-state index in [4.69, 9.17) is 0 Å². The molecule has 0 atom stereocenters. The van der Waals surface area contributed by atoms with Crippen molar-refractivity contribution in [3.05, 3.63) is 32.1 Å². The molecule has 2 rings (SSSR count). The molecular weight excluding hydrogens is 270 g/mol. The third kappa shape index (κ3) is 1.27. The first kappa shape index (κ1) is 9.42. The molecule has 0 aliphatic rings. The van der Waals surface area contributed by atoms with E-state index in [1.165, 1.54) is 17.4 Å². The number of nitrogens with zero attached hydrogens (tertiary/aromatic N) is 1. The second kappa shape index (κ2) is 3.21. The van der Waals surface area contributed by atoms with E-state index in [2.05, 4.69) is 15.9 Å². The lowest BCUT2D eigenvalue weighted by Gasteiger charge is -1.99. The minimum atomic E-state index is -0.569. The van der Waals surface area contributed by atoms with Gasteiger partial charge in [0.25, 0.3) is 0 Å². The average Bonchev–Trinajstić information content (AvgIpc) is 2.51. The first-order valence-electron chi connectivity index (χ1n) is 3.64. The third-order valence-corrected chi connectivity index (χ3v) is 3.40. The topological polar surface area (TPSA) is 63.4 Å². The predicted octanol–water partition coefficient (Wildman–Crippen LogP) is 3.28. The molecule has 14 heavy (non-hydrogen) atoms. The van der Waals surface area contributed by atoms with Gasteiger partial charge in [-0.25, -0.2) is 0 Å². The molecule has 0 fully saturated rings. The van der Waals surface area contributed by atoms with Crippen molar-refractivity contribution < 1.29 is 10.0 Å². The Balaban J connectivity index is 2.93. The highest BCUT2D eigenvalue weighted by Crippen LogP contribution is 2.41. The molecule has 0 aliphatic heterocycles. The van der Waals surface area contributed by atoms with Crippen LogP contribution in [0.15, 0.2) is 22.0 Å². The van der Waals surface area contributed by atoms with Crippen LogP contribution in [0.5, 0.6) is 5.75 Å². The number of rotatable bonds is 1. The molecule has 0 bridgehead atoms. The lowest BCUT2D eigenvalue weighted by molar-refractivity contribution is -0.383. The number of hydrogen-bond donors (Lipinski definition) is 1.